The molecule has 0 atom stereocenters. The Morgan fingerprint density at radius 3 is 2.77 bits per heavy atom. The lowest BCUT2D eigenvalue weighted by molar-refractivity contribution is -0.129. The monoisotopic (exact) mass is 410 g/mol. The van der Waals surface area contributed by atoms with Gasteiger partial charge in [-0.25, -0.2) is 4.98 Å². The molecule has 2 amide bonds. The first-order valence-electron chi connectivity index (χ1n) is 11.5. The van der Waals surface area contributed by atoms with E-state index in [0.717, 1.165) is 25.4 Å². The summed E-state index contributed by atoms with van der Waals surface area (Å²) < 4.78 is 1.82. The van der Waals surface area contributed by atoms with Gasteiger partial charge in [0.2, 0.25) is 5.91 Å². The number of carbonyl (C=O) groups is 2. The molecule has 6 heteroatoms. The molecule has 0 spiro atoms. The number of amides is 2. The zero-order valence-corrected chi connectivity index (χ0v) is 18.3. The van der Waals surface area contributed by atoms with Crippen molar-refractivity contribution in [2.75, 3.05) is 20.1 Å². The first-order valence-corrected chi connectivity index (χ1v) is 11.5. The molecule has 2 aliphatic rings. The van der Waals surface area contributed by atoms with Crippen LogP contribution in [0.4, 0.5) is 0 Å². The average Bonchev–Trinajstić information content (AvgIpc) is 3.14. The van der Waals surface area contributed by atoms with Crippen LogP contribution in [0, 0.1) is 11.3 Å². The van der Waals surface area contributed by atoms with E-state index in [4.69, 9.17) is 0 Å². The lowest BCUT2D eigenvalue weighted by atomic mass is 9.62. The Kier molecular flexibility index (Phi) is 6.11. The van der Waals surface area contributed by atoms with Crippen LogP contribution in [0.1, 0.15) is 74.5 Å². The molecule has 2 aromatic rings. The maximum atomic E-state index is 13.0. The summed E-state index contributed by atoms with van der Waals surface area (Å²) in [6, 6.07) is 5.58. The van der Waals surface area contributed by atoms with Gasteiger partial charge in [0.25, 0.3) is 5.91 Å². The lowest BCUT2D eigenvalue weighted by Gasteiger charge is -2.45. The van der Waals surface area contributed by atoms with Crippen molar-refractivity contribution in [2.45, 2.75) is 64.7 Å². The number of hydrogen-bond donors (Lipinski definition) is 1. The van der Waals surface area contributed by atoms with E-state index in [2.05, 4.69) is 17.2 Å². The Hall–Kier alpha value is -2.37. The Morgan fingerprint density at radius 1 is 1.27 bits per heavy atom. The van der Waals surface area contributed by atoms with Crippen molar-refractivity contribution in [3.05, 3.63) is 35.8 Å². The molecule has 2 bridgehead atoms. The minimum absolute atomic E-state index is 0.0505. The van der Waals surface area contributed by atoms with Crippen molar-refractivity contribution in [1.29, 1.82) is 0 Å². The van der Waals surface area contributed by atoms with E-state index >= 15 is 0 Å². The van der Waals surface area contributed by atoms with Gasteiger partial charge in [0.05, 0.1) is 12.1 Å². The second kappa shape index (κ2) is 8.78. The molecule has 2 aromatic heterocycles. The van der Waals surface area contributed by atoms with Crippen molar-refractivity contribution in [3.63, 3.8) is 0 Å². The highest BCUT2D eigenvalue weighted by molar-refractivity contribution is 5.93. The summed E-state index contributed by atoms with van der Waals surface area (Å²) in [7, 11) is 1.82. The summed E-state index contributed by atoms with van der Waals surface area (Å²) in [5.74, 6) is 0.850. The molecule has 0 aliphatic heterocycles. The molecule has 2 heterocycles. The zero-order chi connectivity index (χ0) is 21.1. The Bertz CT molecular complexity index is 909. The quantitative estimate of drug-likeness (QED) is 0.754. The third-order valence-electron chi connectivity index (χ3n) is 7.08. The van der Waals surface area contributed by atoms with E-state index in [1.54, 1.807) is 4.90 Å². The van der Waals surface area contributed by atoms with Gasteiger partial charge in [-0.05, 0) is 49.1 Å². The van der Waals surface area contributed by atoms with Crippen LogP contribution in [0.25, 0.3) is 5.65 Å². The molecular formula is C24H34N4O2. The maximum absolute atomic E-state index is 13.0. The molecule has 1 N–H and O–H groups in total. The fourth-order valence-electron chi connectivity index (χ4n) is 5.51. The fourth-order valence-corrected chi connectivity index (χ4v) is 5.51. The highest BCUT2D eigenvalue weighted by Gasteiger charge is 2.39. The summed E-state index contributed by atoms with van der Waals surface area (Å²) in [6.07, 6.45) is 12.1. The highest BCUT2D eigenvalue weighted by atomic mass is 16.2. The van der Waals surface area contributed by atoms with Crippen LogP contribution in [-0.2, 0) is 11.2 Å². The summed E-state index contributed by atoms with van der Waals surface area (Å²) in [6.45, 7) is 3.56. The minimum Gasteiger partial charge on any atom is -0.350 e. The van der Waals surface area contributed by atoms with Crippen molar-refractivity contribution in [2.24, 2.45) is 11.3 Å². The van der Waals surface area contributed by atoms with E-state index < -0.39 is 0 Å². The third-order valence-corrected chi connectivity index (χ3v) is 7.08. The number of rotatable bonds is 7. The molecule has 2 saturated carbocycles. The van der Waals surface area contributed by atoms with Gasteiger partial charge in [0.1, 0.15) is 11.3 Å². The molecule has 0 aromatic carbocycles. The number of nitrogens with zero attached hydrogens (tertiary/aromatic N) is 3. The Morgan fingerprint density at radius 2 is 2.03 bits per heavy atom. The van der Waals surface area contributed by atoms with Gasteiger partial charge in [0.15, 0.2) is 0 Å². The summed E-state index contributed by atoms with van der Waals surface area (Å²) in [5, 5.41) is 3.23. The van der Waals surface area contributed by atoms with E-state index in [9.17, 15) is 9.59 Å². The predicted octanol–water partition coefficient (Wildman–Crippen LogP) is 3.84. The molecule has 162 valence electrons. The summed E-state index contributed by atoms with van der Waals surface area (Å²) >= 11 is 0. The molecule has 2 aliphatic carbocycles. The smallest absolute Gasteiger partial charge is 0.268 e. The van der Waals surface area contributed by atoms with Crippen molar-refractivity contribution >= 4 is 17.5 Å². The zero-order valence-electron chi connectivity index (χ0n) is 18.3. The second-order valence-electron chi connectivity index (χ2n) is 9.40. The average molecular weight is 411 g/mol. The normalized spacial score (nSPS) is 23.3. The maximum Gasteiger partial charge on any atom is 0.268 e. The van der Waals surface area contributed by atoms with Crippen molar-refractivity contribution < 1.29 is 9.59 Å². The van der Waals surface area contributed by atoms with E-state index in [0.29, 0.717) is 22.5 Å². The first kappa shape index (κ1) is 20.9. The van der Waals surface area contributed by atoms with Crippen molar-refractivity contribution in [1.82, 2.24) is 19.6 Å². The van der Waals surface area contributed by atoms with Gasteiger partial charge in [-0.3, -0.25) is 14.0 Å². The van der Waals surface area contributed by atoms with Gasteiger partial charge in [-0.15, -0.1) is 0 Å². The first-order chi connectivity index (χ1) is 14.5. The van der Waals surface area contributed by atoms with E-state index in [1.807, 2.05) is 35.8 Å². The molecular weight excluding hydrogens is 376 g/mol. The van der Waals surface area contributed by atoms with Gasteiger partial charge < -0.3 is 10.2 Å². The molecule has 6 nitrogen and oxygen atoms in total. The number of fused-ring (bicyclic) bond motifs is 3. The van der Waals surface area contributed by atoms with Gasteiger partial charge in [0, 0.05) is 26.3 Å². The molecule has 4 rings (SSSR count). The van der Waals surface area contributed by atoms with E-state index in [-0.39, 0.29) is 18.2 Å². The number of hydrogen-bond acceptors (Lipinski definition) is 3. The lowest BCUT2D eigenvalue weighted by Crippen LogP contribution is -2.43. The predicted molar refractivity (Wildman–Crippen MR) is 117 cm³/mol. The number of imidazole rings is 1. The number of carbonyl (C=O) groups excluding carboxylic acids is 2. The summed E-state index contributed by atoms with van der Waals surface area (Å²) in [5.41, 5.74) is 2.28. The standard InChI is InChI=1S/C24H34N4O2/c1-3-13-27(2)22(29)14-19-16-28-20(9-4-10-21(28)26-19)23(30)25-17-24-11-5-7-18(15-24)8-6-12-24/h4,9-10,16,18H,3,5-8,11-15,17H2,1-2H3,(H,25,30). The van der Waals surface area contributed by atoms with E-state index in [1.165, 1.54) is 44.9 Å². The Labute approximate surface area is 179 Å². The molecule has 2 fully saturated rings. The molecule has 0 unspecified atom stereocenters. The van der Waals surface area contributed by atoms with Crippen LogP contribution < -0.4 is 5.32 Å². The van der Waals surface area contributed by atoms with Crippen LogP contribution in [0.3, 0.4) is 0 Å². The molecule has 0 saturated heterocycles. The Balaban J connectivity index is 1.46. The highest BCUT2D eigenvalue weighted by Crippen LogP contribution is 2.48. The summed E-state index contributed by atoms with van der Waals surface area (Å²) in [4.78, 5) is 31.7. The molecule has 30 heavy (non-hydrogen) atoms. The largest absolute Gasteiger partial charge is 0.350 e. The topological polar surface area (TPSA) is 66.7 Å². The number of pyridine rings is 1. The molecule has 0 radical (unpaired) electrons. The van der Waals surface area contributed by atoms with Gasteiger partial charge in [-0.2, -0.15) is 0 Å². The van der Waals surface area contributed by atoms with Crippen LogP contribution >= 0.6 is 0 Å². The van der Waals surface area contributed by atoms with Gasteiger partial charge in [-0.1, -0.05) is 38.7 Å². The second-order valence-corrected chi connectivity index (χ2v) is 9.40. The van der Waals surface area contributed by atoms with Crippen LogP contribution in [0.5, 0.6) is 0 Å². The number of aromatic nitrogens is 2. The van der Waals surface area contributed by atoms with Crippen molar-refractivity contribution in [3.8, 4) is 0 Å². The van der Waals surface area contributed by atoms with Crippen LogP contribution in [0.2, 0.25) is 0 Å². The van der Waals surface area contributed by atoms with Gasteiger partial charge >= 0.3 is 0 Å². The third kappa shape index (κ3) is 4.37. The van der Waals surface area contributed by atoms with Crippen LogP contribution in [-0.4, -0.2) is 46.2 Å². The minimum atomic E-state index is -0.0546. The number of likely N-dealkylation sites (N-methyl/N-ethyl adjacent to an activating group) is 1. The fraction of sp³-hybridized carbons (Fsp3) is 0.625. The number of nitrogens with one attached hydrogen (secondary N) is 1. The SMILES string of the molecule is CCCN(C)C(=O)Cc1cn2c(C(=O)NCC34CCCC(CCC3)C4)cccc2n1. The van der Waals surface area contributed by atoms with Crippen LogP contribution in [0.15, 0.2) is 24.4 Å².